The molecule has 0 bridgehead atoms. The lowest BCUT2D eigenvalue weighted by Gasteiger charge is -2.25. The van der Waals surface area contributed by atoms with E-state index in [1.165, 1.54) is 12.8 Å². The molecule has 23 heavy (non-hydrogen) atoms. The quantitative estimate of drug-likeness (QED) is 0.588. The van der Waals surface area contributed by atoms with Gasteiger partial charge in [-0.1, -0.05) is 19.1 Å². The van der Waals surface area contributed by atoms with Crippen molar-refractivity contribution in [1.82, 2.24) is 4.90 Å². The lowest BCUT2D eigenvalue weighted by Crippen LogP contribution is -2.38. The molecule has 1 unspecified atom stereocenters. The van der Waals surface area contributed by atoms with Crippen LogP contribution in [0.3, 0.4) is 0 Å². The van der Waals surface area contributed by atoms with Crippen LogP contribution in [-0.4, -0.2) is 44.1 Å². The first-order valence-electron chi connectivity index (χ1n) is 8.43. The second kappa shape index (κ2) is 7.40. The molecule has 1 fully saturated rings. The fraction of sp³-hybridized carbons (Fsp3) is 0.556. The Bertz CT molecular complexity index is 557. The van der Waals surface area contributed by atoms with Crippen molar-refractivity contribution in [3.05, 3.63) is 35.4 Å². The molecule has 1 aliphatic heterocycles. The first-order chi connectivity index (χ1) is 10.8. The molecular weight excluding hydrogens is 306 g/mol. The van der Waals surface area contributed by atoms with Gasteiger partial charge in [0.25, 0.3) is 0 Å². The number of hydrogen-bond donors (Lipinski definition) is 0. The van der Waals surface area contributed by atoms with Gasteiger partial charge < -0.3 is 4.43 Å². The summed E-state index contributed by atoms with van der Waals surface area (Å²) in [6.07, 6.45) is 3.16. The molecule has 2 rings (SSSR count). The topological polar surface area (TPSA) is 46.6 Å². The van der Waals surface area contributed by atoms with Gasteiger partial charge in [-0.3, -0.25) is 9.69 Å². The van der Waals surface area contributed by atoms with Crippen molar-refractivity contribution in [2.45, 2.75) is 51.9 Å². The molecule has 0 N–H and O–H groups in total. The van der Waals surface area contributed by atoms with E-state index in [1.54, 1.807) is 24.3 Å². The number of ketones is 1. The summed E-state index contributed by atoms with van der Waals surface area (Å²) in [6.45, 7) is 10.00. The van der Waals surface area contributed by atoms with E-state index in [2.05, 4.69) is 11.8 Å². The summed E-state index contributed by atoms with van der Waals surface area (Å²) in [7, 11) is -1.90. The van der Waals surface area contributed by atoms with Crippen molar-refractivity contribution in [3.63, 3.8) is 0 Å². The normalized spacial score (nSPS) is 17.0. The minimum Gasteiger partial charge on any atom is -0.516 e. The maximum Gasteiger partial charge on any atom is 0.324 e. The van der Waals surface area contributed by atoms with Crippen molar-refractivity contribution in [3.8, 4) is 0 Å². The van der Waals surface area contributed by atoms with Crippen LogP contribution in [0.1, 0.15) is 46.9 Å². The predicted molar refractivity (Wildman–Crippen MR) is 94.4 cm³/mol. The molecule has 0 aliphatic carbocycles. The molecule has 1 saturated heterocycles. The molecular formula is C18H27NO3Si. The summed E-state index contributed by atoms with van der Waals surface area (Å²) in [6, 6.07) is 6.86. The number of benzene rings is 1. The standard InChI is InChI=1S/C18H27NO3Si/c1-5-16(19-12-6-7-13-19)17(20)14-8-10-15(11-9-14)18(21)22-23(2,3)4/h8-11,16H,5-7,12-13H2,1-4H3. The Labute approximate surface area is 140 Å². The van der Waals surface area contributed by atoms with Crippen molar-refractivity contribution in [2.24, 2.45) is 0 Å². The number of likely N-dealkylation sites (tertiary alicyclic amines) is 1. The summed E-state index contributed by atoms with van der Waals surface area (Å²) in [4.78, 5) is 27.1. The number of Topliss-reactive ketones (excluding diaryl/α,β-unsaturated/α-hetero) is 1. The van der Waals surface area contributed by atoms with E-state index >= 15 is 0 Å². The lowest BCUT2D eigenvalue weighted by molar-refractivity contribution is 0.0723. The van der Waals surface area contributed by atoms with Gasteiger partial charge in [0.15, 0.2) is 5.78 Å². The average Bonchev–Trinajstić information content (AvgIpc) is 3.00. The summed E-state index contributed by atoms with van der Waals surface area (Å²) in [5.74, 6) is -0.144. The summed E-state index contributed by atoms with van der Waals surface area (Å²) in [5, 5.41) is 0. The Kier molecular flexibility index (Phi) is 5.76. The molecule has 5 heteroatoms. The summed E-state index contributed by atoms with van der Waals surface area (Å²) < 4.78 is 5.48. The molecule has 1 aromatic rings. The van der Waals surface area contributed by atoms with E-state index in [4.69, 9.17) is 4.43 Å². The van der Waals surface area contributed by atoms with Gasteiger partial charge >= 0.3 is 5.97 Å². The fourth-order valence-corrected chi connectivity index (χ4v) is 3.64. The van der Waals surface area contributed by atoms with Crippen LogP contribution in [0.25, 0.3) is 0 Å². The van der Waals surface area contributed by atoms with Crippen LogP contribution in [0.15, 0.2) is 24.3 Å². The molecule has 0 radical (unpaired) electrons. The SMILES string of the molecule is CCC(C(=O)c1ccc(C(=O)O[Si](C)(C)C)cc1)N1CCCC1. The van der Waals surface area contributed by atoms with E-state index in [0.717, 1.165) is 19.5 Å². The Hall–Kier alpha value is -1.46. The third-order valence-electron chi connectivity index (χ3n) is 4.07. The highest BCUT2D eigenvalue weighted by molar-refractivity contribution is 6.71. The molecule has 1 aromatic carbocycles. The number of rotatable bonds is 6. The van der Waals surface area contributed by atoms with Crippen molar-refractivity contribution in [2.75, 3.05) is 13.1 Å². The van der Waals surface area contributed by atoms with Crippen LogP contribution in [-0.2, 0) is 4.43 Å². The zero-order valence-corrected chi connectivity index (χ0v) is 15.6. The maximum atomic E-state index is 12.7. The zero-order chi connectivity index (χ0) is 17.0. The van der Waals surface area contributed by atoms with E-state index in [0.29, 0.717) is 11.1 Å². The third-order valence-corrected chi connectivity index (χ3v) is 4.87. The largest absolute Gasteiger partial charge is 0.516 e. The maximum absolute atomic E-state index is 12.7. The van der Waals surface area contributed by atoms with E-state index < -0.39 is 8.32 Å². The van der Waals surface area contributed by atoms with Crippen molar-refractivity contribution < 1.29 is 14.0 Å². The molecule has 0 spiro atoms. The van der Waals surface area contributed by atoms with Gasteiger partial charge in [0.1, 0.15) is 0 Å². The molecule has 1 heterocycles. The van der Waals surface area contributed by atoms with E-state index in [-0.39, 0.29) is 17.8 Å². The zero-order valence-electron chi connectivity index (χ0n) is 14.6. The highest BCUT2D eigenvalue weighted by atomic mass is 28.4. The number of hydrogen-bond acceptors (Lipinski definition) is 4. The van der Waals surface area contributed by atoms with Gasteiger partial charge in [-0.2, -0.15) is 0 Å². The third kappa shape index (κ3) is 4.75. The Morgan fingerprint density at radius 3 is 2.09 bits per heavy atom. The van der Waals surface area contributed by atoms with Gasteiger partial charge in [0, 0.05) is 5.56 Å². The second-order valence-corrected chi connectivity index (χ2v) is 11.5. The molecule has 0 amide bonds. The minimum absolute atomic E-state index is 0.0442. The van der Waals surface area contributed by atoms with Crippen LogP contribution in [0.4, 0.5) is 0 Å². The van der Waals surface area contributed by atoms with Gasteiger partial charge in [-0.25, -0.2) is 4.79 Å². The van der Waals surface area contributed by atoms with E-state index in [9.17, 15) is 9.59 Å². The molecule has 0 saturated carbocycles. The number of carbonyl (C=O) groups excluding carboxylic acids is 2. The second-order valence-electron chi connectivity index (χ2n) is 7.11. The highest BCUT2D eigenvalue weighted by Crippen LogP contribution is 2.19. The van der Waals surface area contributed by atoms with Crippen LogP contribution >= 0.6 is 0 Å². The van der Waals surface area contributed by atoms with Crippen molar-refractivity contribution in [1.29, 1.82) is 0 Å². The van der Waals surface area contributed by atoms with Crippen LogP contribution < -0.4 is 0 Å². The van der Waals surface area contributed by atoms with Gasteiger partial charge in [-0.15, -0.1) is 0 Å². The fourth-order valence-electron chi connectivity index (χ4n) is 2.96. The average molecular weight is 334 g/mol. The monoisotopic (exact) mass is 333 g/mol. The number of carbonyl (C=O) groups is 2. The van der Waals surface area contributed by atoms with Gasteiger partial charge in [0.2, 0.25) is 8.32 Å². The highest BCUT2D eigenvalue weighted by Gasteiger charge is 2.27. The Balaban J connectivity index is 2.09. The Morgan fingerprint density at radius 1 is 1.09 bits per heavy atom. The van der Waals surface area contributed by atoms with Gasteiger partial charge in [-0.05, 0) is 64.1 Å². The molecule has 1 aliphatic rings. The summed E-state index contributed by atoms with van der Waals surface area (Å²) >= 11 is 0. The predicted octanol–water partition coefficient (Wildman–Crippen LogP) is 3.74. The first-order valence-corrected chi connectivity index (χ1v) is 11.8. The smallest absolute Gasteiger partial charge is 0.324 e. The van der Waals surface area contributed by atoms with Crippen LogP contribution in [0.2, 0.25) is 19.6 Å². The van der Waals surface area contributed by atoms with Crippen LogP contribution in [0.5, 0.6) is 0 Å². The number of nitrogens with zero attached hydrogens (tertiary/aromatic N) is 1. The van der Waals surface area contributed by atoms with Crippen LogP contribution in [0, 0.1) is 0 Å². The summed E-state index contributed by atoms with van der Waals surface area (Å²) in [5.41, 5.74) is 1.19. The Morgan fingerprint density at radius 2 is 1.61 bits per heavy atom. The molecule has 4 nitrogen and oxygen atoms in total. The molecule has 126 valence electrons. The van der Waals surface area contributed by atoms with Crippen molar-refractivity contribution >= 4 is 20.1 Å². The lowest BCUT2D eigenvalue weighted by atomic mass is 10.00. The van der Waals surface area contributed by atoms with Gasteiger partial charge in [0.05, 0.1) is 11.6 Å². The molecule has 1 atom stereocenters. The van der Waals surface area contributed by atoms with E-state index in [1.807, 2.05) is 19.6 Å². The first kappa shape index (κ1) is 17.9. The minimum atomic E-state index is -1.90. The molecule has 0 aromatic heterocycles.